The molecule has 0 aliphatic carbocycles. The first-order chi connectivity index (χ1) is 13.7. The first kappa shape index (κ1) is 19.3. The van der Waals surface area contributed by atoms with E-state index in [1.807, 2.05) is 18.2 Å². The second-order valence-corrected chi connectivity index (χ2v) is 8.18. The molecule has 0 bridgehead atoms. The number of anilines is 1. The topological polar surface area (TPSA) is 61.7 Å². The normalized spacial score (nSPS) is 22.5. The SMILES string of the molecule is OC1CN(c2cnccn2)CC2(CCN(CCOCc3ccccc3)CC2)C1. The van der Waals surface area contributed by atoms with Crippen molar-refractivity contribution in [3.63, 3.8) is 0 Å². The third kappa shape index (κ3) is 4.87. The summed E-state index contributed by atoms with van der Waals surface area (Å²) in [4.78, 5) is 13.3. The van der Waals surface area contributed by atoms with Crippen molar-refractivity contribution in [3.8, 4) is 0 Å². The third-order valence-electron chi connectivity index (χ3n) is 6.08. The third-order valence-corrected chi connectivity index (χ3v) is 6.08. The lowest BCUT2D eigenvalue weighted by Gasteiger charge is -2.49. The molecule has 6 nitrogen and oxygen atoms in total. The minimum absolute atomic E-state index is 0.177. The van der Waals surface area contributed by atoms with E-state index in [1.54, 1.807) is 18.6 Å². The summed E-state index contributed by atoms with van der Waals surface area (Å²) in [5.74, 6) is 0.873. The van der Waals surface area contributed by atoms with Gasteiger partial charge in [-0.15, -0.1) is 0 Å². The lowest BCUT2D eigenvalue weighted by atomic mass is 9.71. The molecule has 0 amide bonds. The van der Waals surface area contributed by atoms with E-state index in [1.165, 1.54) is 5.56 Å². The van der Waals surface area contributed by atoms with Crippen LogP contribution in [0.2, 0.25) is 0 Å². The Labute approximate surface area is 167 Å². The van der Waals surface area contributed by atoms with E-state index in [0.29, 0.717) is 13.2 Å². The zero-order valence-electron chi connectivity index (χ0n) is 16.4. The summed E-state index contributed by atoms with van der Waals surface area (Å²) in [5.41, 5.74) is 1.40. The van der Waals surface area contributed by atoms with Gasteiger partial charge in [-0.05, 0) is 43.3 Å². The van der Waals surface area contributed by atoms with Gasteiger partial charge in [-0.1, -0.05) is 30.3 Å². The summed E-state index contributed by atoms with van der Waals surface area (Å²) in [6, 6.07) is 10.3. The molecule has 1 unspecified atom stereocenters. The van der Waals surface area contributed by atoms with E-state index in [2.05, 4.69) is 31.9 Å². The van der Waals surface area contributed by atoms with E-state index >= 15 is 0 Å². The Balaban J connectivity index is 1.24. The molecule has 0 radical (unpaired) electrons. The van der Waals surface area contributed by atoms with Crippen molar-refractivity contribution < 1.29 is 9.84 Å². The number of benzene rings is 1. The van der Waals surface area contributed by atoms with Crippen LogP contribution in [0.15, 0.2) is 48.9 Å². The van der Waals surface area contributed by atoms with Crippen molar-refractivity contribution in [2.75, 3.05) is 44.2 Å². The fourth-order valence-electron chi connectivity index (χ4n) is 4.55. The summed E-state index contributed by atoms with van der Waals surface area (Å²) in [5, 5.41) is 10.5. The second kappa shape index (κ2) is 8.99. The summed E-state index contributed by atoms with van der Waals surface area (Å²) >= 11 is 0. The highest BCUT2D eigenvalue weighted by atomic mass is 16.5. The van der Waals surface area contributed by atoms with Crippen molar-refractivity contribution in [2.24, 2.45) is 5.41 Å². The van der Waals surface area contributed by atoms with Gasteiger partial charge in [0.1, 0.15) is 5.82 Å². The summed E-state index contributed by atoms with van der Waals surface area (Å²) in [6.07, 6.45) is 8.03. The maximum Gasteiger partial charge on any atom is 0.147 e. The van der Waals surface area contributed by atoms with Crippen LogP contribution in [0, 0.1) is 5.41 Å². The molecule has 1 spiro atoms. The Morgan fingerprint density at radius 1 is 1.14 bits per heavy atom. The highest BCUT2D eigenvalue weighted by Crippen LogP contribution is 2.40. The van der Waals surface area contributed by atoms with Gasteiger partial charge in [0.25, 0.3) is 0 Å². The Morgan fingerprint density at radius 3 is 2.71 bits per heavy atom. The standard InChI is InChI=1S/C22H30N4O2/c27-20-14-22(18-26(16-20)21-15-23-8-9-24-21)6-10-25(11-7-22)12-13-28-17-19-4-2-1-3-5-19/h1-5,8-9,15,20,27H,6-7,10-14,16-18H2. The van der Waals surface area contributed by atoms with E-state index in [4.69, 9.17) is 4.74 Å². The lowest BCUT2D eigenvalue weighted by Crippen LogP contribution is -2.54. The quantitative estimate of drug-likeness (QED) is 0.774. The first-order valence-corrected chi connectivity index (χ1v) is 10.3. The van der Waals surface area contributed by atoms with Crippen LogP contribution in [0.25, 0.3) is 0 Å². The molecule has 150 valence electrons. The van der Waals surface area contributed by atoms with Crippen LogP contribution >= 0.6 is 0 Å². The minimum Gasteiger partial charge on any atom is -0.391 e. The molecule has 0 saturated carbocycles. The highest BCUT2D eigenvalue weighted by Gasteiger charge is 2.41. The minimum atomic E-state index is -0.295. The molecule has 2 saturated heterocycles. The molecule has 1 atom stereocenters. The van der Waals surface area contributed by atoms with Gasteiger partial charge in [0, 0.05) is 32.0 Å². The number of hydrogen-bond donors (Lipinski definition) is 1. The van der Waals surface area contributed by atoms with Gasteiger partial charge in [0.05, 0.1) is 25.5 Å². The van der Waals surface area contributed by atoms with E-state index < -0.39 is 0 Å². The van der Waals surface area contributed by atoms with Crippen LogP contribution in [0.4, 0.5) is 5.82 Å². The largest absolute Gasteiger partial charge is 0.391 e. The average Bonchev–Trinajstić information content (AvgIpc) is 2.73. The predicted octanol–water partition coefficient (Wildman–Crippen LogP) is 2.35. The zero-order valence-corrected chi connectivity index (χ0v) is 16.4. The zero-order chi connectivity index (χ0) is 19.2. The molecule has 1 N–H and O–H groups in total. The van der Waals surface area contributed by atoms with Crippen molar-refractivity contribution in [1.82, 2.24) is 14.9 Å². The Kier molecular flexibility index (Phi) is 6.20. The average molecular weight is 383 g/mol. The molecule has 2 aliphatic heterocycles. The van der Waals surface area contributed by atoms with Gasteiger partial charge in [0.2, 0.25) is 0 Å². The number of ether oxygens (including phenoxy) is 1. The molecule has 2 aliphatic rings. The van der Waals surface area contributed by atoms with Gasteiger partial charge >= 0.3 is 0 Å². The molecule has 2 fully saturated rings. The molecule has 1 aromatic carbocycles. The monoisotopic (exact) mass is 382 g/mol. The number of aromatic nitrogens is 2. The molecular formula is C22H30N4O2. The fraction of sp³-hybridized carbons (Fsp3) is 0.545. The fourth-order valence-corrected chi connectivity index (χ4v) is 4.55. The molecule has 28 heavy (non-hydrogen) atoms. The second-order valence-electron chi connectivity index (χ2n) is 8.18. The van der Waals surface area contributed by atoms with Crippen LogP contribution in [0.3, 0.4) is 0 Å². The maximum atomic E-state index is 10.5. The van der Waals surface area contributed by atoms with Crippen LogP contribution < -0.4 is 4.90 Å². The van der Waals surface area contributed by atoms with Gasteiger partial charge in [-0.2, -0.15) is 0 Å². The number of hydrogen-bond acceptors (Lipinski definition) is 6. The summed E-state index contributed by atoms with van der Waals surface area (Å²) < 4.78 is 5.85. The van der Waals surface area contributed by atoms with Crippen LogP contribution in [0.1, 0.15) is 24.8 Å². The number of β-amino-alcohol motifs (C(OH)–C–C–N with tert-alkyl or cyclic N) is 1. The Morgan fingerprint density at radius 2 is 1.96 bits per heavy atom. The van der Waals surface area contributed by atoms with Gasteiger partial charge in [0.15, 0.2) is 0 Å². The molecular weight excluding hydrogens is 352 g/mol. The molecule has 1 aromatic heterocycles. The predicted molar refractivity (Wildman–Crippen MR) is 109 cm³/mol. The van der Waals surface area contributed by atoms with Gasteiger partial charge < -0.3 is 19.6 Å². The number of nitrogens with zero attached hydrogens (tertiary/aromatic N) is 4. The Hall–Kier alpha value is -2.02. The Bertz CT molecular complexity index is 720. The van der Waals surface area contributed by atoms with Gasteiger partial charge in [-0.25, -0.2) is 4.98 Å². The van der Waals surface area contributed by atoms with Crippen molar-refractivity contribution in [1.29, 1.82) is 0 Å². The summed E-state index contributed by atoms with van der Waals surface area (Å²) in [7, 11) is 0. The number of likely N-dealkylation sites (tertiary alicyclic amines) is 1. The first-order valence-electron chi connectivity index (χ1n) is 10.3. The number of aliphatic hydroxyl groups is 1. The number of aliphatic hydroxyl groups excluding tert-OH is 1. The number of piperidine rings is 2. The molecule has 3 heterocycles. The van der Waals surface area contributed by atoms with Crippen molar-refractivity contribution in [2.45, 2.75) is 32.0 Å². The van der Waals surface area contributed by atoms with Crippen LogP contribution in [-0.2, 0) is 11.3 Å². The highest BCUT2D eigenvalue weighted by molar-refractivity contribution is 5.37. The molecule has 6 heteroatoms. The molecule has 2 aromatic rings. The number of rotatable bonds is 6. The van der Waals surface area contributed by atoms with Crippen molar-refractivity contribution >= 4 is 5.82 Å². The van der Waals surface area contributed by atoms with E-state index in [-0.39, 0.29) is 11.5 Å². The lowest BCUT2D eigenvalue weighted by molar-refractivity contribution is 0.0153. The maximum absolute atomic E-state index is 10.5. The van der Waals surface area contributed by atoms with E-state index in [9.17, 15) is 5.11 Å². The van der Waals surface area contributed by atoms with Crippen LogP contribution in [0.5, 0.6) is 0 Å². The van der Waals surface area contributed by atoms with Crippen molar-refractivity contribution in [3.05, 3.63) is 54.5 Å². The molecule has 4 rings (SSSR count). The smallest absolute Gasteiger partial charge is 0.147 e. The summed E-state index contributed by atoms with van der Waals surface area (Å²) in [6.45, 7) is 6.15. The van der Waals surface area contributed by atoms with Gasteiger partial charge in [-0.3, -0.25) is 4.98 Å². The van der Waals surface area contributed by atoms with Crippen LogP contribution in [-0.4, -0.2) is 65.4 Å². The van der Waals surface area contributed by atoms with E-state index in [0.717, 1.165) is 57.9 Å².